The lowest BCUT2D eigenvalue weighted by Gasteiger charge is -2.46. The molecule has 1 fully saturated rings. The molecular formula is C17H24FNO. The molecule has 20 heavy (non-hydrogen) atoms. The Labute approximate surface area is 120 Å². The fourth-order valence-electron chi connectivity index (χ4n) is 3.97. The molecule has 1 aliphatic heterocycles. The van der Waals surface area contributed by atoms with E-state index < -0.39 is 0 Å². The molecule has 3 atom stereocenters. The van der Waals surface area contributed by atoms with Crippen LogP contribution in [0, 0.1) is 11.7 Å². The summed E-state index contributed by atoms with van der Waals surface area (Å²) in [7, 11) is 1.96. The zero-order valence-corrected chi connectivity index (χ0v) is 12.4. The van der Waals surface area contributed by atoms with Gasteiger partial charge in [0.25, 0.3) is 0 Å². The lowest BCUT2D eigenvalue weighted by molar-refractivity contribution is -0.0209. The van der Waals surface area contributed by atoms with Crippen LogP contribution < -0.4 is 10.1 Å². The van der Waals surface area contributed by atoms with Crippen LogP contribution >= 0.6 is 0 Å². The Morgan fingerprint density at radius 1 is 1.40 bits per heavy atom. The first-order chi connectivity index (χ1) is 9.65. The van der Waals surface area contributed by atoms with Gasteiger partial charge in [-0.15, -0.1) is 0 Å². The summed E-state index contributed by atoms with van der Waals surface area (Å²) in [5, 5.41) is 3.35. The second kappa shape index (κ2) is 5.36. The normalized spacial score (nSPS) is 32.8. The van der Waals surface area contributed by atoms with E-state index in [0.29, 0.717) is 0 Å². The van der Waals surface area contributed by atoms with Crippen molar-refractivity contribution >= 4 is 0 Å². The molecule has 1 aromatic rings. The number of rotatable bonds is 2. The van der Waals surface area contributed by atoms with E-state index in [-0.39, 0.29) is 17.5 Å². The van der Waals surface area contributed by atoms with Crippen molar-refractivity contribution in [3.63, 3.8) is 0 Å². The standard InChI is InChI=1S/C17H24FNO/c1-3-12-5-4-8-17(10-12)11-15(19-2)14-9-13(18)6-7-16(14)20-17/h6-7,9,12,15,19H,3-5,8,10-11H2,1-2H3. The van der Waals surface area contributed by atoms with Crippen molar-refractivity contribution in [1.29, 1.82) is 0 Å². The smallest absolute Gasteiger partial charge is 0.125 e. The molecule has 0 saturated heterocycles. The van der Waals surface area contributed by atoms with Gasteiger partial charge in [-0.05, 0) is 50.4 Å². The van der Waals surface area contributed by atoms with Gasteiger partial charge in [0.1, 0.15) is 17.2 Å². The number of nitrogens with one attached hydrogen (secondary N) is 1. The molecule has 3 heteroatoms. The third kappa shape index (κ3) is 2.44. The molecule has 110 valence electrons. The van der Waals surface area contributed by atoms with Gasteiger partial charge in [0.15, 0.2) is 0 Å². The summed E-state index contributed by atoms with van der Waals surface area (Å²) in [5.74, 6) is 1.45. The number of hydrogen-bond acceptors (Lipinski definition) is 2. The SMILES string of the molecule is CCC1CCCC2(C1)CC(NC)c1cc(F)ccc1O2. The molecule has 1 aromatic carbocycles. The van der Waals surface area contributed by atoms with Crippen molar-refractivity contribution in [2.24, 2.45) is 5.92 Å². The molecule has 1 heterocycles. The number of halogens is 1. The molecule has 2 aliphatic rings. The summed E-state index contributed by atoms with van der Waals surface area (Å²) in [4.78, 5) is 0. The van der Waals surface area contributed by atoms with Crippen LogP contribution in [-0.4, -0.2) is 12.6 Å². The maximum Gasteiger partial charge on any atom is 0.125 e. The van der Waals surface area contributed by atoms with Crippen molar-refractivity contribution < 1.29 is 9.13 Å². The summed E-state index contributed by atoms with van der Waals surface area (Å²) in [6, 6.07) is 5.12. The summed E-state index contributed by atoms with van der Waals surface area (Å²) in [6.45, 7) is 2.27. The fourth-order valence-corrected chi connectivity index (χ4v) is 3.97. The minimum atomic E-state index is -0.182. The second-order valence-corrected chi connectivity index (χ2v) is 6.38. The first-order valence-corrected chi connectivity index (χ1v) is 7.81. The van der Waals surface area contributed by atoms with Crippen LogP contribution in [0.3, 0.4) is 0 Å². The highest BCUT2D eigenvalue weighted by Gasteiger charge is 2.43. The predicted molar refractivity (Wildman–Crippen MR) is 78.4 cm³/mol. The minimum absolute atomic E-state index is 0.0442. The average Bonchev–Trinajstić information content (AvgIpc) is 2.47. The quantitative estimate of drug-likeness (QED) is 0.874. The minimum Gasteiger partial charge on any atom is -0.487 e. The maximum atomic E-state index is 13.5. The van der Waals surface area contributed by atoms with E-state index in [1.54, 1.807) is 12.1 Å². The van der Waals surface area contributed by atoms with E-state index in [2.05, 4.69) is 12.2 Å². The Kier molecular flexibility index (Phi) is 3.72. The first kappa shape index (κ1) is 13.9. The Morgan fingerprint density at radius 3 is 3.00 bits per heavy atom. The van der Waals surface area contributed by atoms with Crippen LogP contribution in [0.5, 0.6) is 5.75 Å². The van der Waals surface area contributed by atoms with Gasteiger partial charge in [-0.2, -0.15) is 0 Å². The molecule has 0 bridgehead atoms. The highest BCUT2D eigenvalue weighted by Crippen LogP contribution is 2.47. The third-order valence-corrected chi connectivity index (χ3v) is 5.08. The number of benzene rings is 1. The fraction of sp³-hybridized carbons (Fsp3) is 0.647. The van der Waals surface area contributed by atoms with Gasteiger partial charge >= 0.3 is 0 Å². The molecule has 2 nitrogen and oxygen atoms in total. The van der Waals surface area contributed by atoms with Crippen LogP contribution in [0.25, 0.3) is 0 Å². The summed E-state index contributed by atoms with van der Waals surface area (Å²) in [6.07, 6.45) is 7.01. The zero-order chi connectivity index (χ0) is 14.2. The van der Waals surface area contributed by atoms with Gasteiger partial charge in [0, 0.05) is 18.0 Å². The van der Waals surface area contributed by atoms with Crippen molar-refractivity contribution in [2.75, 3.05) is 7.05 Å². The maximum absolute atomic E-state index is 13.5. The van der Waals surface area contributed by atoms with E-state index in [1.807, 2.05) is 7.05 Å². The van der Waals surface area contributed by atoms with Gasteiger partial charge in [-0.1, -0.05) is 19.8 Å². The Morgan fingerprint density at radius 2 is 2.25 bits per heavy atom. The monoisotopic (exact) mass is 277 g/mol. The third-order valence-electron chi connectivity index (χ3n) is 5.08. The lowest BCUT2D eigenvalue weighted by atomic mass is 9.72. The Hall–Kier alpha value is -1.09. The molecule has 0 amide bonds. The van der Waals surface area contributed by atoms with Crippen LogP contribution in [0.1, 0.15) is 57.1 Å². The van der Waals surface area contributed by atoms with Gasteiger partial charge < -0.3 is 10.1 Å². The largest absolute Gasteiger partial charge is 0.487 e. The lowest BCUT2D eigenvalue weighted by Crippen LogP contribution is -2.46. The van der Waals surface area contributed by atoms with Crippen LogP contribution in [-0.2, 0) is 0 Å². The molecule has 0 aromatic heterocycles. The average molecular weight is 277 g/mol. The van der Waals surface area contributed by atoms with Gasteiger partial charge in [0.2, 0.25) is 0 Å². The van der Waals surface area contributed by atoms with E-state index in [4.69, 9.17) is 4.74 Å². The molecular weight excluding hydrogens is 253 g/mol. The van der Waals surface area contributed by atoms with E-state index >= 15 is 0 Å². The van der Waals surface area contributed by atoms with Gasteiger partial charge in [0.05, 0.1) is 0 Å². The molecule has 0 radical (unpaired) electrons. The van der Waals surface area contributed by atoms with Gasteiger partial charge in [-0.25, -0.2) is 4.39 Å². The topological polar surface area (TPSA) is 21.3 Å². The van der Waals surface area contributed by atoms with Crippen molar-refractivity contribution in [3.8, 4) is 5.75 Å². The highest BCUT2D eigenvalue weighted by molar-refractivity contribution is 5.39. The van der Waals surface area contributed by atoms with Crippen molar-refractivity contribution in [2.45, 2.75) is 57.1 Å². The van der Waals surface area contributed by atoms with E-state index in [1.165, 1.54) is 25.3 Å². The molecule has 3 rings (SSSR count). The Balaban J connectivity index is 1.92. The van der Waals surface area contributed by atoms with Crippen LogP contribution in [0.15, 0.2) is 18.2 Å². The van der Waals surface area contributed by atoms with Gasteiger partial charge in [-0.3, -0.25) is 0 Å². The number of ether oxygens (including phenoxy) is 1. The second-order valence-electron chi connectivity index (χ2n) is 6.38. The van der Waals surface area contributed by atoms with Crippen LogP contribution in [0.4, 0.5) is 4.39 Å². The molecule has 1 spiro atoms. The number of hydrogen-bond donors (Lipinski definition) is 1. The summed E-state index contributed by atoms with van der Waals surface area (Å²) < 4.78 is 19.8. The van der Waals surface area contributed by atoms with Crippen molar-refractivity contribution in [1.82, 2.24) is 5.32 Å². The van der Waals surface area contributed by atoms with Crippen molar-refractivity contribution in [3.05, 3.63) is 29.6 Å². The van der Waals surface area contributed by atoms with E-state index in [9.17, 15) is 4.39 Å². The molecule has 1 aliphatic carbocycles. The first-order valence-electron chi connectivity index (χ1n) is 7.81. The zero-order valence-electron chi connectivity index (χ0n) is 12.4. The molecule has 1 N–H and O–H groups in total. The van der Waals surface area contributed by atoms with Crippen LogP contribution in [0.2, 0.25) is 0 Å². The molecule has 3 unspecified atom stereocenters. The highest BCUT2D eigenvalue weighted by atomic mass is 19.1. The number of fused-ring (bicyclic) bond motifs is 1. The predicted octanol–water partition coefficient (Wildman–Crippen LogP) is 4.21. The van der Waals surface area contributed by atoms with E-state index in [0.717, 1.165) is 36.5 Å². The summed E-state index contributed by atoms with van der Waals surface area (Å²) >= 11 is 0. The Bertz CT molecular complexity index is 490. The molecule has 1 saturated carbocycles. The summed E-state index contributed by atoms with van der Waals surface area (Å²) in [5.41, 5.74) is 0.925.